The predicted molar refractivity (Wildman–Crippen MR) is 113 cm³/mol. The zero-order valence-corrected chi connectivity index (χ0v) is 16.5. The number of nitrogens with one attached hydrogen (secondary N) is 2. The van der Waals surface area contributed by atoms with E-state index in [0.29, 0.717) is 17.1 Å². The van der Waals surface area contributed by atoms with Gasteiger partial charge in [0.25, 0.3) is 5.91 Å². The van der Waals surface area contributed by atoms with Gasteiger partial charge in [0.15, 0.2) is 5.82 Å². The monoisotopic (exact) mass is 390 g/mol. The van der Waals surface area contributed by atoms with E-state index >= 15 is 0 Å². The van der Waals surface area contributed by atoms with Gasteiger partial charge in [-0.2, -0.15) is 5.10 Å². The molecule has 2 aromatic carbocycles. The van der Waals surface area contributed by atoms with Crippen molar-refractivity contribution in [1.29, 1.82) is 0 Å². The van der Waals surface area contributed by atoms with E-state index in [0.717, 1.165) is 34.6 Å². The molecule has 0 aliphatic carbocycles. The second-order valence-electron chi connectivity index (χ2n) is 6.49. The lowest BCUT2D eigenvalue weighted by atomic mass is 10.2. The van der Waals surface area contributed by atoms with E-state index < -0.39 is 0 Å². The Balaban J connectivity index is 1.67. The first-order valence-electron chi connectivity index (χ1n) is 9.32. The molecule has 29 heavy (non-hydrogen) atoms. The van der Waals surface area contributed by atoms with Crippen molar-refractivity contribution in [3.63, 3.8) is 0 Å². The first-order chi connectivity index (χ1) is 14.2. The van der Waals surface area contributed by atoms with Gasteiger partial charge in [0, 0.05) is 18.0 Å². The fourth-order valence-corrected chi connectivity index (χ4v) is 3.53. The number of ether oxygens (including phenoxy) is 2. The van der Waals surface area contributed by atoms with Crippen LogP contribution in [-0.2, 0) is 6.54 Å². The molecule has 7 nitrogen and oxygen atoms in total. The number of carbonyl (C=O) groups excluding carboxylic acids is 1. The molecule has 2 aromatic heterocycles. The highest BCUT2D eigenvalue weighted by Crippen LogP contribution is 2.33. The number of aryl methyl sites for hydroxylation is 1. The minimum absolute atomic E-state index is 0.279. The third kappa shape index (κ3) is 3.31. The van der Waals surface area contributed by atoms with Crippen LogP contribution in [0.3, 0.4) is 0 Å². The number of para-hydroxylation sites is 1. The SMILES string of the molecule is CCn1c(-c2cc(NC(=O)c3ccccc3OC)n[nH]2)cc2c(OC)cccc21. The van der Waals surface area contributed by atoms with Crippen molar-refractivity contribution >= 4 is 22.6 Å². The number of hydrogen-bond acceptors (Lipinski definition) is 4. The summed E-state index contributed by atoms with van der Waals surface area (Å²) in [6.45, 7) is 2.87. The Labute approximate surface area is 168 Å². The molecular formula is C22H22N4O3. The Morgan fingerprint density at radius 3 is 2.59 bits per heavy atom. The van der Waals surface area contributed by atoms with Crippen LogP contribution in [0.25, 0.3) is 22.3 Å². The van der Waals surface area contributed by atoms with Crippen molar-refractivity contribution in [2.24, 2.45) is 0 Å². The molecule has 0 bridgehead atoms. The van der Waals surface area contributed by atoms with E-state index in [1.807, 2.05) is 24.3 Å². The average Bonchev–Trinajstić information content (AvgIpc) is 3.37. The zero-order valence-electron chi connectivity index (χ0n) is 16.5. The number of carbonyl (C=O) groups is 1. The molecule has 2 N–H and O–H groups in total. The molecule has 0 unspecified atom stereocenters. The molecule has 0 spiro atoms. The quantitative estimate of drug-likeness (QED) is 0.514. The number of anilines is 1. The summed E-state index contributed by atoms with van der Waals surface area (Å²) in [6, 6.07) is 16.9. The van der Waals surface area contributed by atoms with E-state index in [2.05, 4.69) is 39.1 Å². The second kappa shape index (κ2) is 7.71. The van der Waals surface area contributed by atoms with Crippen LogP contribution in [0.1, 0.15) is 17.3 Å². The van der Waals surface area contributed by atoms with Crippen LogP contribution in [0.2, 0.25) is 0 Å². The summed E-state index contributed by atoms with van der Waals surface area (Å²) in [4.78, 5) is 12.6. The summed E-state index contributed by atoms with van der Waals surface area (Å²) >= 11 is 0. The van der Waals surface area contributed by atoms with Crippen LogP contribution in [0, 0.1) is 0 Å². The van der Waals surface area contributed by atoms with E-state index in [4.69, 9.17) is 9.47 Å². The maximum atomic E-state index is 12.6. The highest BCUT2D eigenvalue weighted by molar-refractivity contribution is 6.06. The van der Waals surface area contributed by atoms with Crippen molar-refractivity contribution in [3.8, 4) is 22.9 Å². The zero-order chi connectivity index (χ0) is 20.4. The second-order valence-corrected chi connectivity index (χ2v) is 6.49. The van der Waals surface area contributed by atoms with Gasteiger partial charge in [0.05, 0.1) is 36.7 Å². The minimum atomic E-state index is -0.279. The number of methoxy groups -OCH3 is 2. The molecule has 0 fully saturated rings. The number of fused-ring (bicyclic) bond motifs is 1. The fourth-order valence-electron chi connectivity index (χ4n) is 3.53. The van der Waals surface area contributed by atoms with Crippen LogP contribution < -0.4 is 14.8 Å². The van der Waals surface area contributed by atoms with Gasteiger partial charge in [0.1, 0.15) is 11.5 Å². The summed E-state index contributed by atoms with van der Waals surface area (Å²) in [5.41, 5.74) is 3.31. The molecule has 0 saturated carbocycles. The van der Waals surface area contributed by atoms with Gasteiger partial charge >= 0.3 is 0 Å². The molecule has 2 heterocycles. The standard InChI is InChI=1S/C22H22N4O3/c1-4-26-17-9-7-11-20(29-3)15(17)12-18(26)16-13-21(25-24-16)23-22(27)14-8-5-6-10-19(14)28-2/h5-13H,4H2,1-3H3,(H2,23,24,25,27). The van der Waals surface area contributed by atoms with Crippen LogP contribution in [-0.4, -0.2) is 34.9 Å². The molecule has 148 valence electrons. The van der Waals surface area contributed by atoms with Gasteiger partial charge in [-0.15, -0.1) is 0 Å². The number of aromatic nitrogens is 3. The fraction of sp³-hybridized carbons (Fsp3) is 0.182. The molecule has 4 aromatic rings. The van der Waals surface area contributed by atoms with Gasteiger partial charge in [-0.3, -0.25) is 9.89 Å². The maximum absolute atomic E-state index is 12.6. The summed E-state index contributed by atoms with van der Waals surface area (Å²) < 4.78 is 12.9. The van der Waals surface area contributed by atoms with Gasteiger partial charge < -0.3 is 19.4 Å². The van der Waals surface area contributed by atoms with Crippen molar-refractivity contribution in [1.82, 2.24) is 14.8 Å². The number of hydrogen-bond donors (Lipinski definition) is 2. The lowest BCUT2D eigenvalue weighted by Gasteiger charge is -2.07. The van der Waals surface area contributed by atoms with Crippen LogP contribution in [0.15, 0.2) is 54.6 Å². The summed E-state index contributed by atoms with van der Waals surface area (Å²) in [7, 11) is 3.20. The van der Waals surface area contributed by atoms with Gasteiger partial charge in [0.2, 0.25) is 0 Å². The van der Waals surface area contributed by atoms with E-state index in [1.54, 1.807) is 25.3 Å². The normalized spacial score (nSPS) is 10.9. The summed E-state index contributed by atoms with van der Waals surface area (Å²) in [6.07, 6.45) is 0. The molecule has 1 amide bonds. The van der Waals surface area contributed by atoms with Crippen LogP contribution in [0.5, 0.6) is 11.5 Å². The molecular weight excluding hydrogens is 368 g/mol. The molecule has 0 atom stereocenters. The number of amides is 1. The summed E-state index contributed by atoms with van der Waals surface area (Å²) in [5, 5.41) is 11.1. The average molecular weight is 390 g/mol. The number of aromatic amines is 1. The third-order valence-electron chi connectivity index (χ3n) is 4.89. The number of H-pyrrole nitrogens is 1. The molecule has 0 radical (unpaired) electrons. The van der Waals surface area contributed by atoms with E-state index in [1.165, 1.54) is 7.11 Å². The highest BCUT2D eigenvalue weighted by atomic mass is 16.5. The number of benzene rings is 2. The highest BCUT2D eigenvalue weighted by Gasteiger charge is 2.17. The predicted octanol–water partition coefficient (Wildman–Crippen LogP) is 4.32. The van der Waals surface area contributed by atoms with E-state index in [-0.39, 0.29) is 5.91 Å². The Morgan fingerprint density at radius 2 is 1.83 bits per heavy atom. The van der Waals surface area contributed by atoms with Crippen molar-refractivity contribution in [2.45, 2.75) is 13.5 Å². The minimum Gasteiger partial charge on any atom is -0.496 e. The largest absolute Gasteiger partial charge is 0.496 e. The van der Waals surface area contributed by atoms with Crippen molar-refractivity contribution < 1.29 is 14.3 Å². The number of rotatable bonds is 6. The van der Waals surface area contributed by atoms with Crippen LogP contribution in [0.4, 0.5) is 5.82 Å². The first kappa shape index (κ1) is 18.6. The van der Waals surface area contributed by atoms with Crippen molar-refractivity contribution in [2.75, 3.05) is 19.5 Å². The topological polar surface area (TPSA) is 81.2 Å². The number of nitrogens with zero attached hydrogens (tertiary/aromatic N) is 2. The molecule has 4 rings (SSSR count). The summed E-state index contributed by atoms with van der Waals surface area (Å²) in [5.74, 6) is 1.49. The lowest BCUT2D eigenvalue weighted by molar-refractivity contribution is 0.102. The smallest absolute Gasteiger partial charge is 0.260 e. The van der Waals surface area contributed by atoms with Crippen molar-refractivity contribution in [3.05, 3.63) is 60.2 Å². The Hall–Kier alpha value is -3.74. The first-order valence-corrected chi connectivity index (χ1v) is 9.32. The van der Waals surface area contributed by atoms with E-state index in [9.17, 15) is 4.79 Å². The molecule has 0 aliphatic heterocycles. The molecule has 0 aliphatic rings. The Bertz CT molecular complexity index is 1180. The molecule has 7 heteroatoms. The van der Waals surface area contributed by atoms with Gasteiger partial charge in [-0.1, -0.05) is 18.2 Å². The Kier molecular flexibility index (Phi) is 4.95. The molecule has 0 saturated heterocycles. The third-order valence-corrected chi connectivity index (χ3v) is 4.89. The lowest BCUT2D eigenvalue weighted by Crippen LogP contribution is -2.13. The van der Waals surface area contributed by atoms with Gasteiger partial charge in [-0.05, 0) is 37.3 Å². The van der Waals surface area contributed by atoms with Gasteiger partial charge in [-0.25, -0.2) is 0 Å². The maximum Gasteiger partial charge on any atom is 0.260 e. The van der Waals surface area contributed by atoms with Crippen LogP contribution >= 0.6 is 0 Å². The Morgan fingerprint density at radius 1 is 1.07 bits per heavy atom.